The number of benzene rings is 2. The number of ether oxygens (including phenoxy) is 1. The lowest BCUT2D eigenvalue weighted by molar-refractivity contribution is -0.385. The molecular weight excluding hydrogens is 388 g/mol. The van der Waals surface area contributed by atoms with Crippen LogP contribution in [0.25, 0.3) is 0 Å². The molecule has 152 valence electrons. The first-order chi connectivity index (χ1) is 13.6. The van der Waals surface area contributed by atoms with E-state index in [2.05, 4.69) is 0 Å². The molecule has 0 saturated heterocycles. The predicted molar refractivity (Wildman–Crippen MR) is 98.8 cm³/mol. The fourth-order valence-electron chi connectivity index (χ4n) is 2.51. The van der Waals surface area contributed by atoms with E-state index in [0.717, 1.165) is 24.3 Å². The van der Waals surface area contributed by atoms with Crippen LogP contribution >= 0.6 is 0 Å². The number of aromatic hydroxyl groups is 2. The highest BCUT2D eigenvalue weighted by Gasteiger charge is 2.26. The summed E-state index contributed by atoms with van der Waals surface area (Å²) in [5.41, 5.74) is -1.93. The van der Waals surface area contributed by atoms with Crippen LogP contribution in [0.5, 0.6) is 23.0 Å². The van der Waals surface area contributed by atoms with Gasteiger partial charge in [0.15, 0.2) is 23.1 Å². The first kappa shape index (κ1) is 21.3. The number of ketones is 2. The standard InChI is InChI=1S/C18H16N2O9/c1-3-13(21)9-5-15(23)11(19(25)26)7-17(9)29-18-8-12(20(27)28)16(24)6-10(18)14(22)4-2/h5-8,23-24H,3-4H2,1-2H3. The molecule has 29 heavy (non-hydrogen) atoms. The highest BCUT2D eigenvalue weighted by molar-refractivity contribution is 6.01. The number of hydrogen-bond acceptors (Lipinski definition) is 9. The van der Waals surface area contributed by atoms with Gasteiger partial charge in [-0.2, -0.15) is 0 Å². The Morgan fingerprint density at radius 3 is 1.45 bits per heavy atom. The molecule has 0 radical (unpaired) electrons. The van der Waals surface area contributed by atoms with Gasteiger partial charge in [0.25, 0.3) is 0 Å². The molecule has 0 aliphatic heterocycles. The van der Waals surface area contributed by atoms with Crippen molar-refractivity contribution < 1.29 is 34.4 Å². The zero-order valence-electron chi connectivity index (χ0n) is 15.4. The van der Waals surface area contributed by atoms with Crippen LogP contribution in [-0.4, -0.2) is 31.6 Å². The highest BCUT2D eigenvalue weighted by Crippen LogP contribution is 2.40. The van der Waals surface area contributed by atoms with Gasteiger partial charge in [0.1, 0.15) is 11.5 Å². The van der Waals surface area contributed by atoms with E-state index in [-0.39, 0.29) is 35.5 Å². The first-order valence-corrected chi connectivity index (χ1v) is 8.37. The Hall–Kier alpha value is -4.02. The minimum absolute atomic E-state index is 0.0237. The molecule has 11 nitrogen and oxygen atoms in total. The Morgan fingerprint density at radius 1 is 0.828 bits per heavy atom. The van der Waals surface area contributed by atoms with E-state index < -0.39 is 44.3 Å². The minimum Gasteiger partial charge on any atom is -0.502 e. The second-order valence-corrected chi connectivity index (χ2v) is 5.84. The topological polar surface area (TPSA) is 170 Å². The van der Waals surface area contributed by atoms with Crippen LogP contribution in [0.3, 0.4) is 0 Å². The van der Waals surface area contributed by atoms with Crippen molar-refractivity contribution in [2.24, 2.45) is 0 Å². The summed E-state index contributed by atoms with van der Waals surface area (Å²) in [7, 11) is 0. The van der Waals surface area contributed by atoms with E-state index in [1.165, 1.54) is 13.8 Å². The molecule has 0 aliphatic carbocycles. The Morgan fingerprint density at radius 2 is 1.17 bits per heavy atom. The number of carbonyl (C=O) groups is 2. The predicted octanol–water partition coefficient (Wildman–Crippen LogP) is 3.89. The average Bonchev–Trinajstić information content (AvgIpc) is 2.68. The third-order valence-electron chi connectivity index (χ3n) is 4.01. The molecule has 0 atom stereocenters. The van der Waals surface area contributed by atoms with Gasteiger partial charge in [-0.15, -0.1) is 0 Å². The molecule has 0 bridgehead atoms. The van der Waals surface area contributed by atoms with Crippen molar-refractivity contribution in [3.8, 4) is 23.0 Å². The van der Waals surface area contributed by atoms with Gasteiger partial charge in [-0.05, 0) is 0 Å². The smallest absolute Gasteiger partial charge is 0.314 e. The van der Waals surface area contributed by atoms with E-state index >= 15 is 0 Å². The van der Waals surface area contributed by atoms with E-state index in [1.54, 1.807) is 0 Å². The lowest BCUT2D eigenvalue weighted by atomic mass is 10.0. The van der Waals surface area contributed by atoms with Crippen molar-refractivity contribution >= 4 is 22.9 Å². The van der Waals surface area contributed by atoms with E-state index in [0.29, 0.717) is 0 Å². The summed E-state index contributed by atoms with van der Waals surface area (Å²) >= 11 is 0. The average molecular weight is 404 g/mol. The lowest BCUT2D eigenvalue weighted by Gasteiger charge is -2.14. The number of Topliss-reactive ketones (excluding diaryl/α,β-unsaturated/α-hetero) is 2. The molecule has 0 aromatic heterocycles. The number of phenolic OH excluding ortho intramolecular Hbond substituents is 2. The molecule has 0 spiro atoms. The van der Waals surface area contributed by atoms with Crippen molar-refractivity contribution in [3.05, 3.63) is 55.6 Å². The second-order valence-electron chi connectivity index (χ2n) is 5.84. The maximum absolute atomic E-state index is 12.2. The van der Waals surface area contributed by atoms with E-state index in [9.17, 15) is 40.0 Å². The third kappa shape index (κ3) is 4.29. The SMILES string of the molecule is CCC(=O)c1cc(O)c([N+](=O)[O-])cc1Oc1cc([N+](=O)[O-])c(O)cc1C(=O)CC. The van der Waals surface area contributed by atoms with Gasteiger partial charge in [-0.1, -0.05) is 13.8 Å². The molecule has 0 aliphatic rings. The fourth-order valence-corrected chi connectivity index (χ4v) is 2.51. The van der Waals surface area contributed by atoms with Gasteiger partial charge in [0.05, 0.1) is 33.1 Å². The number of phenols is 2. The number of nitro groups is 2. The largest absolute Gasteiger partial charge is 0.502 e. The van der Waals surface area contributed by atoms with Gasteiger partial charge < -0.3 is 14.9 Å². The van der Waals surface area contributed by atoms with Crippen LogP contribution in [-0.2, 0) is 0 Å². The molecule has 0 saturated carbocycles. The quantitative estimate of drug-likeness (QED) is 0.376. The van der Waals surface area contributed by atoms with Crippen LogP contribution in [0.2, 0.25) is 0 Å². The van der Waals surface area contributed by atoms with Crippen molar-refractivity contribution in [3.63, 3.8) is 0 Å². The van der Waals surface area contributed by atoms with Crippen molar-refractivity contribution in [2.45, 2.75) is 26.7 Å². The molecule has 0 fully saturated rings. The van der Waals surface area contributed by atoms with E-state index in [4.69, 9.17) is 4.74 Å². The Balaban J connectivity index is 2.74. The molecule has 0 amide bonds. The molecule has 0 heterocycles. The summed E-state index contributed by atoms with van der Waals surface area (Å²) in [6.45, 7) is 3.03. The fraction of sp³-hybridized carbons (Fsp3) is 0.222. The molecule has 2 aromatic carbocycles. The summed E-state index contributed by atoms with van der Waals surface area (Å²) in [4.78, 5) is 44.8. The lowest BCUT2D eigenvalue weighted by Crippen LogP contribution is -2.05. The first-order valence-electron chi connectivity index (χ1n) is 8.37. The molecule has 0 unspecified atom stereocenters. The van der Waals surface area contributed by atoms with Gasteiger partial charge in [0.2, 0.25) is 0 Å². The third-order valence-corrected chi connectivity index (χ3v) is 4.01. The van der Waals surface area contributed by atoms with E-state index in [1.807, 2.05) is 0 Å². The zero-order valence-corrected chi connectivity index (χ0v) is 15.4. The molecule has 2 aromatic rings. The number of hydrogen-bond donors (Lipinski definition) is 2. The minimum atomic E-state index is -0.903. The molecule has 2 N–H and O–H groups in total. The highest BCUT2D eigenvalue weighted by atomic mass is 16.6. The van der Waals surface area contributed by atoms with Gasteiger partial charge in [-0.25, -0.2) is 0 Å². The Kier molecular flexibility index (Phi) is 6.12. The van der Waals surface area contributed by atoms with Crippen molar-refractivity contribution in [2.75, 3.05) is 0 Å². The number of nitro benzene ring substituents is 2. The van der Waals surface area contributed by atoms with Crippen LogP contribution in [0.15, 0.2) is 24.3 Å². The summed E-state index contributed by atoms with van der Waals surface area (Å²) < 4.78 is 5.51. The summed E-state index contributed by atoms with van der Waals surface area (Å²) in [5.74, 6) is -3.32. The zero-order chi connectivity index (χ0) is 21.9. The number of nitrogens with zero attached hydrogens (tertiary/aromatic N) is 2. The maximum atomic E-state index is 12.2. The number of carbonyl (C=O) groups excluding carboxylic acids is 2. The number of rotatable bonds is 8. The van der Waals surface area contributed by atoms with Gasteiger partial charge in [0, 0.05) is 25.0 Å². The van der Waals surface area contributed by atoms with Crippen LogP contribution in [0.1, 0.15) is 47.4 Å². The van der Waals surface area contributed by atoms with Gasteiger partial charge in [-0.3, -0.25) is 29.8 Å². The van der Waals surface area contributed by atoms with Gasteiger partial charge >= 0.3 is 11.4 Å². The Labute approximate surface area is 163 Å². The monoisotopic (exact) mass is 404 g/mol. The second kappa shape index (κ2) is 8.33. The summed E-state index contributed by atoms with van der Waals surface area (Å²) in [6, 6.07) is 3.29. The Bertz CT molecular complexity index is 949. The maximum Gasteiger partial charge on any atom is 0.314 e. The molecule has 11 heteroatoms. The molecular formula is C18H16N2O9. The van der Waals surface area contributed by atoms with Crippen molar-refractivity contribution in [1.29, 1.82) is 0 Å². The van der Waals surface area contributed by atoms with Crippen LogP contribution in [0.4, 0.5) is 11.4 Å². The summed E-state index contributed by atoms with van der Waals surface area (Å²) in [6.07, 6.45) is -0.0475. The van der Waals surface area contributed by atoms with Crippen LogP contribution < -0.4 is 4.74 Å². The van der Waals surface area contributed by atoms with Crippen molar-refractivity contribution in [1.82, 2.24) is 0 Å². The summed E-state index contributed by atoms with van der Waals surface area (Å²) in [5, 5.41) is 41.8. The molecule has 2 rings (SSSR count). The van der Waals surface area contributed by atoms with Crippen LogP contribution in [0, 0.1) is 20.2 Å². The normalized spacial score (nSPS) is 10.4.